The fourth-order valence-corrected chi connectivity index (χ4v) is 3.19. The van der Waals surface area contributed by atoms with E-state index in [4.69, 9.17) is 4.74 Å². The van der Waals surface area contributed by atoms with Crippen molar-refractivity contribution >= 4 is 31.9 Å². The molecular formula is C15H22Br2N2O. The maximum atomic E-state index is 6.00. The van der Waals surface area contributed by atoms with Crippen molar-refractivity contribution in [2.24, 2.45) is 0 Å². The molecule has 1 aromatic rings. The molecule has 0 bridgehead atoms. The summed E-state index contributed by atoms with van der Waals surface area (Å²) in [7, 11) is 2.17. The van der Waals surface area contributed by atoms with Crippen LogP contribution in [-0.4, -0.2) is 43.8 Å². The van der Waals surface area contributed by atoms with Gasteiger partial charge in [0.05, 0.1) is 18.8 Å². The van der Waals surface area contributed by atoms with Crippen molar-refractivity contribution < 1.29 is 4.74 Å². The molecule has 1 aliphatic heterocycles. The van der Waals surface area contributed by atoms with Crippen molar-refractivity contribution in [3.63, 3.8) is 0 Å². The Morgan fingerprint density at radius 1 is 1.35 bits per heavy atom. The van der Waals surface area contributed by atoms with Crippen LogP contribution in [0.2, 0.25) is 0 Å². The molecule has 0 spiro atoms. The van der Waals surface area contributed by atoms with Gasteiger partial charge in [-0.3, -0.25) is 4.90 Å². The zero-order valence-corrected chi connectivity index (χ0v) is 15.4. The quantitative estimate of drug-likeness (QED) is 0.828. The van der Waals surface area contributed by atoms with E-state index in [-0.39, 0.29) is 6.10 Å². The second kappa shape index (κ2) is 7.36. The smallest absolute Gasteiger partial charge is 0.0896 e. The summed E-state index contributed by atoms with van der Waals surface area (Å²) >= 11 is 7.12. The van der Waals surface area contributed by atoms with Crippen molar-refractivity contribution in [3.05, 3.63) is 32.7 Å². The molecule has 1 saturated heterocycles. The highest BCUT2D eigenvalue weighted by atomic mass is 79.9. The van der Waals surface area contributed by atoms with E-state index in [1.807, 2.05) is 0 Å². The molecular weight excluding hydrogens is 384 g/mol. The number of rotatable bonds is 4. The molecule has 0 aliphatic carbocycles. The Morgan fingerprint density at radius 3 is 2.75 bits per heavy atom. The highest BCUT2D eigenvalue weighted by Crippen LogP contribution is 2.32. The lowest BCUT2D eigenvalue weighted by Crippen LogP contribution is -2.48. The summed E-state index contributed by atoms with van der Waals surface area (Å²) < 4.78 is 8.17. The number of hydrogen-bond acceptors (Lipinski definition) is 3. The van der Waals surface area contributed by atoms with Gasteiger partial charge in [-0.1, -0.05) is 19.9 Å². The van der Waals surface area contributed by atoms with Crippen LogP contribution in [0.3, 0.4) is 0 Å². The van der Waals surface area contributed by atoms with E-state index in [1.54, 1.807) is 0 Å². The Kier molecular flexibility index (Phi) is 6.05. The Labute approximate surface area is 138 Å². The number of hydrogen-bond donors (Lipinski definition) is 1. The minimum atomic E-state index is 0.184. The Morgan fingerprint density at radius 2 is 2.10 bits per heavy atom. The molecule has 1 heterocycles. The molecule has 20 heavy (non-hydrogen) atoms. The number of halogens is 2. The number of benzene rings is 1. The predicted molar refractivity (Wildman–Crippen MR) is 90.1 cm³/mol. The first kappa shape index (κ1) is 16.4. The standard InChI is InChI=1S/C15H22Br2N2O/c1-10(2)18-9-14-15(19(3)6-7-20-14)11-4-5-12(16)13(17)8-11/h4-5,8,10,14-15,18H,6-7,9H2,1-3H3. The second-order valence-electron chi connectivity index (χ2n) is 5.57. The summed E-state index contributed by atoms with van der Waals surface area (Å²) in [6.07, 6.45) is 0.184. The fourth-order valence-electron chi connectivity index (χ4n) is 2.55. The van der Waals surface area contributed by atoms with Gasteiger partial charge in [-0.05, 0) is 56.6 Å². The number of nitrogens with zero attached hydrogens (tertiary/aromatic N) is 1. The van der Waals surface area contributed by atoms with E-state index < -0.39 is 0 Å². The first-order valence-corrected chi connectivity index (χ1v) is 8.58. The van der Waals surface area contributed by atoms with Crippen LogP contribution in [0, 0.1) is 0 Å². The molecule has 2 rings (SSSR count). The summed E-state index contributed by atoms with van der Waals surface area (Å²) in [5.74, 6) is 0. The molecule has 1 fully saturated rings. The van der Waals surface area contributed by atoms with E-state index in [1.165, 1.54) is 5.56 Å². The van der Waals surface area contributed by atoms with Gasteiger partial charge in [-0.15, -0.1) is 0 Å². The summed E-state index contributed by atoms with van der Waals surface area (Å²) in [6, 6.07) is 7.21. The van der Waals surface area contributed by atoms with Crippen LogP contribution in [0.15, 0.2) is 27.1 Å². The number of ether oxygens (including phenoxy) is 1. The minimum Gasteiger partial charge on any atom is -0.374 e. The molecule has 1 aliphatic rings. The topological polar surface area (TPSA) is 24.5 Å². The molecule has 1 aromatic carbocycles. The van der Waals surface area contributed by atoms with Gasteiger partial charge in [0, 0.05) is 28.1 Å². The van der Waals surface area contributed by atoms with E-state index in [2.05, 4.69) is 81.2 Å². The molecule has 2 unspecified atom stereocenters. The predicted octanol–water partition coefficient (Wildman–Crippen LogP) is 3.58. The first-order valence-electron chi connectivity index (χ1n) is 6.99. The maximum absolute atomic E-state index is 6.00. The highest BCUT2D eigenvalue weighted by Gasteiger charge is 2.31. The van der Waals surface area contributed by atoms with Crippen molar-refractivity contribution in [1.29, 1.82) is 0 Å². The van der Waals surface area contributed by atoms with Crippen molar-refractivity contribution in [1.82, 2.24) is 10.2 Å². The summed E-state index contributed by atoms with van der Waals surface area (Å²) in [5.41, 5.74) is 1.29. The SMILES string of the molecule is CC(C)NCC1OCCN(C)C1c1ccc(Br)c(Br)c1. The normalized spacial score (nSPS) is 24.3. The van der Waals surface area contributed by atoms with Gasteiger partial charge in [0.15, 0.2) is 0 Å². The zero-order valence-electron chi connectivity index (χ0n) is 12.2. The van der Waals surface area contributed by atoms with Crippen LogP contribution in [0.4, 0.5) is 0 Å². The van der Waals surface area contributed by atoms with Crippen LogP contribution in [-0.2, 0) is 4.74 Å². The Bertz CT molecular complexity index is 453. The van der Waals surface area contributed by atoms with Crippen LogP contribution in [0.5, 0.6) is 0 Å². The van der Waals surface area contributed by atoms with Gasteiger partial charge in [0.25, 0.3) is 0 Å². The molecule has 2 atom stereocenters. The molecule has 0 amide bonds. The van der Waals surface area contributed by atoms with Crippen molar-refractivity contribution in [2.45, 2.75) is 32.0 Å². The van der Waals surface area contributed by atoms with Crippen molar-refractivity contribution in [3.8, 4) is 0 Å². The summed E-state index contributed by atoms with van der Waals surface area (Å²) in [6.45, 7) is 6.97. The van der Waals surface area contributed by atoms with Crippen LogP contribution in [0.1, 0.15) is 25.5 Å². The molecule has 112 valence electrons. The van der Waals surface area contributed by atoms with Gasteiger partial charge in [-0.2, -0.15) is 0 Å². The summed E-state index contributed by atoms with van der Waals surface area (Å²) in [5, 5.41) is 3.49. The lowest BCUT2D eigenvalue weighted by molar-refractivity contribution is -0.0620. The third-order valence-corrected chi connectivity index (χ3v) is 5.50. The highest BCUT2D eigenvalue weighted by molar-refractivity contribution is 9.13. The molecule has 3 nitrogen and oxygen atoms in total. The second-order valence-corrected chi connectivity index (χ2v) is 7.28. The molecule has 0 saturated carbocycles. The monoisotopic (exact) mass is 404 g/mol. The van der Waals surface area contributed by atoms with Gasteiger partial charge in [0.1, 0.15) is 0 Å². The average molecular weight is 406 g/mol. The summed E-state index contributed by atoms with van der Waals surface area (Å²) in [4.78, 5) is 2.38. The van der Waals surface area contributed by atoms with Crippen LogP contribution < -0.4 is 5.32 Å². The fraction of sp³-hybridized carbons (Fsp3) is 0.600. The lowest BCUT2D eigenvalue weighted by atomic mass is 9.98. The van der Waals surface area contributed by atoms with Crippen LogP contribution in [0.25, 0.3) is 0 Å². The molecule has 5 heteroatoms. The lowest BCUT2D eigenvalue weighted by Gasteiger charge is -2.40. The van der Waals surface area contributed by atoms with E-state index >= 15 is 0 Å². The average Bonchev–Trinajstić information content (AvgIpc) is 2.40. The third kappa shape index (κ3) is 4.04. The van der Waals surface area contributed by atoms with Gasteiger partial charge < -0.3 is 10.1 Å². The number of likely N-dealkylation sites (N-methyl/N-ethyl adjacent to an activating group) is 1. The van der Waals surface area contributed by atoms with E-state index in [0.717, 1.165) is 28.6 Å². The van der Waals surface area contributed by atoms with Gasteiger partial charge >= 0.3 is 0 Å². The Hall–Kier alpha value is 0.0600. The zero-order chi connectivity index (χ0) is 14.7. The molecule has 0 radical (unpaired) electrons. The van der Waals surface area contributed by atoms with Crippen LogP contribution >= 0.6 is 31.9 Å². The van der Waals surface area contributed by atoms with Crippen molar-refractivity contribution in [2.75, 3.05) is 26.7 Å². The largest absolute Gasteiger partial charge is 0.374 e. The minimum absolute atomic E-state index is 0.184. The molecule has 0 aromatic heterocycles. The van der Waals surface area contributed by atoms with Gasteiger partial charge in [0.2, 0.25) is 0 Å². The van der Waals surface area contributed by atoms with E-state index in [9.17, 15) is 0 Å². The third-order valence-electron chi connectivity index (χ3n) is 3.62. The maximum Gasteiger partial charge on any atom is 0.0896 e. The first-order chi connectivity index (χ1) is 9.49. The van der Waals surface area contributed by atoms with E-state index in [0.29, 0.717) is 12.1 Å². The van der Waals surface area contributed by atoms with Gasteiger partial charge in [-0.25, -0.2) is 0 Å². The Balaban J connectivity index is 2.20. The number of morpholine rings is 1. The molecule has 1 N–H and O–H groups in total. The number of nitrogens with one attached hydrogen (secondary N) is 1.